The van der Waals surface area contributed by atoms with Gasteiger partial charge in [0.15, 0.2) is 5.82 Å². The van der Waals surface area contributed by atoms with Crippen LogP contribution >= 0.6 is 0 Å². The van der Waals surface area contributed by atoms with Gasteiger partial charge >= 0.3 is 0 Å². The van der Waals surface area contributed by atoms with E-state index in [0.29, 0.717) is 11.5 Å². The molecule has 0 spiro atoms. The molecule has 1 heterocycles. The molecule has 3 aromatic carbocycles. The zero-order chi connectivity index (χ0) is 20.3. The lowest BCUT2D eigenvalue weighted by Crippen LogP contribution is -2.11. The topological polar surface area (TPSA) is 113 Å². The molecule has 0 saturated heterocycles. The van der Waals surface area contributed by atoms with Crippen LogP contribution in [-0.4, -0.2) is 18.6 Å². The monoisotopic (exact) mass is 405 g/mol. The SMILES string of the molecule is NS(=O)(=O)c1ccc(Nc2cc(-c3ccc(Nc4ccccc4)cc3)[nH]n2)cc1. The Morgan fingerprint density at radius 3 is 2.00 bits per heavy atom. The zero-order valence-electron chi connectivity index (χ0n) is 15.3. The molecule has 4 aromatic rings. The van der Waals surface area contributed by atoms with Gasteiger partial charge in [0.05, 0.1) is 10.6 Å². The van der Waals surface area contributed by atoms with Gasteiger partial charge in [-0.1, -0.05) is 30.3 Å². The standard InChI is InChI=1S/C21H19N5O2S/c22-29(27,28)19-12-10-18(11-13-19)24-21-14-20(25-26-21)15-6-8-17(9-7-15)23-16-4-2-1-3-5-16/h1-14,23H,(H2,22,27,28)(H2,24,25,26). The quantitative estimate of drug-likeness (QED) is 0.384. The molecule has 0 aliphatic heterocycles. The third-order valence-corrected chi connectivity index (χ3v) is 5.22. The van der Waals surface area contributed by atoms with E-state index < -0.39 is 10.0 Å². The van der Waals surface area contributed by atoms with E-state index in [4.69, 9.17) is 5.14 Å². The number of hydrogen-bond acceptors (Lipinski definition) is 5. The van der Waals surface area contributed by atoms with Crippen molar-refractivity contribution >= 4 is 32.9 Å². The van der Waals surface area contributed by atoms with Crippen LogP contribution in [0.5, 0.6) is 0 Å². The van der Waals surface area contributed by atoms with Crippen LogP contribution in [0.4, 0.5) is 22.9 Å². The second-order valence-electron chi connectivity index (χ2n) is 6.43. The maximum absolute atomic E-state index is 11.3. The summed E-state index contributed by atoms with van der Waals surface area (Å²) >= 11 is 0. The molecule has 0 radical (unpaired) electrons. The zero-order valence-corrected chi connectivity index (χ0v) is 16.1. The Balaban J connectivity index is 1.44. The second-order valence-corrected chi connectivity index (χ2v) is 7.99. The number of H-pyrrole nitrogens is 1. The Labute approximate surface area is 168 Å². The fourth-order valence-corrected chi connectivity index (χ4v) is 3.35. The van der Waals surface area contributed by atoms with E-state index in [9.17, 15) is 8.42 Å². The number of primary sulfonamides is 1. The third-order valence-electron chi connectivity index (χ3n) is 4.29. The van der Waals surface area contributed by atoms with Crippen molar-refractivity contribution in [3.8, 4) is 11.3 Å². The molecule has 4 rings (SSSR count). The van der Waals surface area contributed by atoms with Crippen LogP contribution < -0.4 is 15.8 Å². The first-order valence-electron chi connectivity index (χ1n) is 8.85. The molecular formula is C21H19N5O2S. The van der Waals surface area contributed by atoms with Gasteiger partial charge in [-0.15, -0.1) is 0 Å². The first-order chi connectivity index (χ1) is 14.0. The highest BCUT2D eigenvalue weighted by Crippen LogP contribution is 2.25. The second kappa shape index (κ2) is 7.78. The predicted molar refractivity (Wildman–Crippen MR) is 115 cm³/mol. The lowest BCUT2D eigenvalue weighted by atomic mass is 10.1. The number of para-hydroxylation sites is 1. The van der Waals surface area contributed by atoms with Gasteiger partial charge in [-0.25, -0.2) is 13.6 Å². The minimum absolute atomic E-state index is 0.0648. The van der Waals surface area contributed by atoms with Crippen LogP contribution in [0.3, 0.4) is 0 Å². The van der Waals surface area contributed by atoms with Crippen molar-refractivity contribution in [3.63, 3.8) is 0 Å². The van der Waals surface area contributed by atoms with Crippen molar-refractivity contribution in [3.05, 3.63) is 84.9 Å². The molecule has 0 amide bonds. The van der Waals surface area contributed by atoms with E-state index in [1.165, 1.54) is 12.1 Å². The van der Waals surface area contributed by atoms with Crippen molar-refractivity contribution in [2.24, 2.45) is 5.14 Å². The first kappa shape index (κ1) is 18.7. The minimum Gasteiger partial charge on any atom is -0.356 e. The van der Waals surface area contributed by atoms with Crippen molar-refractivity contribution in [1.29, 1.82) is 0 Å². The molecule has 1 aromatic heterocycles. The highest BCUT2D eigenvalue weighted by molar-refractivity contribution is 7.89. The van der Waals surface area contributed by atoms with E-state index in [-0.39, 0.29) is 4.90 Å². The Kier molecular flexibility index (Phi) is 5.03. The van der Waals surface area contributed by atoms with Gasteiger partial charge < -0.3 is 10.6 Å². The maximum Gasteiger partial charge on any atom is 0.238 e. The van der Waals surface area contributed by atoms with Gasteiger partial charge in [0.25, 0.3) is 0 Å². The molecule has 0 unspecified atom stereocenters. The molecule has 7 nitrogen and oxygen atoms in total. The van der Waals surface area contributed by atoms with Crippen molar-refractivity contribution in [2.45, 2.75) is 4.90 Å². The minimum atomic E-state index is -3.70. The van der Waals surface area contributed by atoms with Gasteiger partial charge in [0.2, 0.25) is 10.0 Å². The van der Waals surface area contributed by atoms with Crippen LogP contribution in [0, 0.1) is 0 Å². The normalized spacial score (nSPS) is 11.2. The average Bonchev–Trinajstić information content (AvgIpc) is 3.17. The number of anilines is 4. The molecule has 0 bridgehead atoms. The highest BCUT2D eigenvalue weighted by Gasteiger charge is 2.08. The lowest BCUT2D eigenvalue weighted by Gasteiger charge is -2.06. The van der Waals surface area contributed by atoms with Crippen molar-refractivity contribution in [2.75, 3.05) is 10.6 Å². The summed E-state index contributed by atoms with van der Waals surface area (Å²) in [6.45, 7) is 0. The smallest absolute Gasteiger partial charge is 0.238 e. The number of benzene rings is 3. The molecule has 0 saturated carbocycles. The van der Waals surface area contributed by atoms with Gasteiger partial charge in [-0.05, 0) is 54.1 Å². The summed E-state index contributed by atoms with van der Waals surface area (Å²) in [5, 5.41) is 18.8. The van der Waals surface area contributed by atoms with E-state index in [2.05, 4.69) is 20.8 Å². The summed E-state index contributed by atoms with van der Waals surface area (Å²) in [6, 6.07) is 26.0. The summed E-state index contributed by atoms with van der Waals surface area (Å²) in [5.41, 5.74) is 4.58. The number of rotatable bonds is 6. The highest BCUT2D eigenvalue weighted by atomic mass is 32.2. The molecule has 0 atom stereocenters. The van der Waals surface area contributed by atoms with Crippen LogP contribution in [0.1, 0.15) is 0 Å². The molecule has 5 N–H and O–H groups in total. The number of sulfonamides is 1. The fourth-order valence-electron chi connectivity index (χ4n) is 2.83. The number of aromatic nitrogens is 2. The number of hydrogen-bond donors (Lipinski definition) is 4. The molecule has 146 valence electrons. The van der Waals surface area contributed by atoms with Crippen molar-refractivity contribution in [1.82, 2.24) is 10.2 Å². The summed E-state index contributed by atoms with van der Waals surface area (Å²) < 4.78 is 22.6. The Morgan fingerprint density at radius 2 is 1.34 bits per heavy atom. The lowest BCUT2D eigenvalue weighted by molar-refractivity contribution is 0.598. The Bertz CT molecular complexity index is 1200. The Morgan fingerprint density at radius 1 is 0.759 bits per heavy atom. The van der Waals surface area contributed by atoms with Crippen LogP contribution in [0.2, 0.25) is 0 Å². The molecule has 8 heteroatoms. The molecule has 29 heavy (non-hydrogen) atoms. The van der Waals surface area contributed by atoms with Crippen LogP contribution in [-0.2, 0) is 10.0 Å². The number of nitrogens with zero attached hydrogens (tertiary/aromatic N) is 1. The van der Waals surface area contributed by atoms with Crippen LogP contribution in [0.25, 0.3) is 11.3 Å². The molecule has 0 fully saturated rings. The number of aromatic amines is 1. The van der Waals surface area contributed by atoms with Gasteiger partial charge in [-0.3, -0.25) is 5.10 Å². The van der Waals surface area contributed by atoms with E-state index in [1.54, 1.807) is 12.1 Å². The molecule has 0 aliphatic rings. The third kappa shape index (κ3) is 4.63. The van der Waals surface area contributed by atoms with E-state index >= 15 is 0 Å². The first-order valence-corrected chi connectivity index (χ1v) is 10.4. The number of nitrogens with one attached hydrogen (secondary N) is 3. The summed E-state index contributed by atoms with van der Waals surface area (Å²) in [6.07, 6.45) is 0. The fraction of sp³-hybridized carbons (Fsp3) is 0. The molecule has 0 aliphatic carbocycles. The predicted octanol–water partition coefficient (Wildman–Crippen LogP) is 4.21. The van der Waals surface area contributed by atoms with Gasteiger partial charge in [0, 0.05) is 23.1 Å². The van der Waals surface area contributed by atoms with Gasteiger partial charge in [0.1, 0.15) is 0 Å². The van der Waals surface area contributed by atoms with Crippen LogP contribution in [0.15, 0.2) is 89.8 Å². The summed E-state index contributed by atoms with van der Waals surface area (Å²) in [5.74, 6) is 0.620. The van der Waals surface area contributed by atoms with E-state index in [0.717, 1.165) is 22.6 Å². The van der Waals surface area contributed by atoms with Crippen molar-refractivity contribution < 1.29 is 8.42 Å². The average molecular weight is 405 g/mol. The van der Waals surface area contributed by atoms with Gasteiger partial charge in [-0.2, -0.15) is 5.10 Å². The summed E-state index contributed by atoms with van der Waals surface area (Å²) in [4.78, 5) is 0.0648. The summed E-state index contributed by atoms with van der Waals surface area (Å²) in [7, 11) is -3.70. The van der Waals surface area contributed by atoms with E-state index in [1.807, 2.05) is 60.7 Å². The molecular weight excluding hydrogens is 386 g/mol. The Hall–Kier alpha value is -3.62. The maximum atomic E-state index is 11.3. The largest absolute Gasteiger partial charge is 0.356 e. The number of nitrogens with two attached hydrogens (primary N) is 1.